The molecule has 0 aliphatic rings. The van der Waals surface area contributed by atoms with E-state index in [1.54, 1.807) is 0 Å². The topological polar surface area (TPSA) is 75.7 Å². The monoisotopic (exact) mass is 466 g/mol. The highest BCUT2D eigenvalue weighted by atomic mass is 79.9. The molecule has 27 heavy (non-hydrogen) atoms. The summed E-state index contributed by atoms with van der Waals surface area (Å²) in [6.45, 7) is 0. The molecule has 0 atom stereocenters. The van der Waals surface area contributed by atoms with Crippen LogP contribution in [0.25, 0.3) is 0 Å². The Labute approximate surface area is 162 Å². The van der Waals surface area contributed by atoms with Gasteiger partial charge in [-0.3, -0.25) is 4.79 Å². The highest BCUT2D eigenvalue weighted by Gasteiger charge is 2.31. The Morgan fingerprint density at radius 2 is 1.70 bits per heavy atom. The van der Waals surface area contributed by atoms with Crippen molar-refractivity contribution in [2.75, 3.05) is 19.4 Å². The van der Waals surface area contributed by atoms with Crippen molar-refractivity contribution in [1.82, 2.24) is 4.31 Å². The minimum Gasteiger partial charge on any atom is -0.406 e. The molecule has 0 heterocycles. The fraction of sp³-hybridized carbons (Fsp3) is 0.188. The van der Waals surface area contributed by atoms with E-state index >= 15 is 0 Å². The number of hydrogen-bond donors (Lipinski definition) is 1. The number of carbonyl (C=O) groups is 1. The first-order valence-corrected chi connectivity index (χ1v) is 9.53. The molecule has 0 aromatic heterocycles. The molecule has 0 aliphatic carbocycles. The zero-order valence-electron chi connectivity index (χ0n) is 14.0. The average Bonchev–Trinajstić information content (AvgIpc) is 2.55. The summed E-state index contributed by atoms with van der Waals surface area (Å²) >= 11 is 3.14. The van der Waals surface area contributed by atoms with Crippen molar-refractivity contribution in [2.24, 2.45) is 0 Å². The number of benzene rings is 2. The summed E-state index contributed by atoms with van der Waals surface area (Å²) in [5.74, 6) is -1.05. The van der Waals surface area contributed by atoms with Crippen LogP contribution in [0.15, 0.2) is 51.8 Å². The number of ether oxygens (including phenoxy) is 1. The van der Waals surface area contributed by atoms with Gasteiger partial charge in [-0.1, -0.05) is 0 Å². The maximum absolute atomic E-state index is 12.3. The maximum Gasteiger partial charge on any atom is 0.573 e. The van der Waals surface area contributed by atoms with E-state index in [1.807, 2.05) is 0 Å². The normalized spacial score (nSPS) is 12.1. The second-order valence-corrected chi connectivity index (χ2v) is 8.43. The van der Waals surface area contributed by atoms with Crippen LogP contribution in [0.5, 0.6) is 5.75 Å². The van der Waals surface area contributed by atoms with Crippen molar-refractivity contribution in [2.45, 2.75) is 11.3 Å². The minimum atomic E-state index is -4.81. The van der Waals surface area contributed by atoms with Gasteiger partial charge in [-0.15, -0.1) is 13.2 Å². The van der Waals surface area contributed by atoms with E-state index in [0.717, 1.165) is 16.4 Å². The lowest BCUT2D eigenvalue weighted by Crippen LogP contribution is -2.23. The summed E-state index contributed by atoms with van der Waals surface area (Å²) in [6.07, 6.45) is -4.81. The fourth-order valence-corrected chi connectivity index (χ4v) is 3.83. The van der Waals surface area contributed by atoms with Gasteiger partial charge >= 0.3 is 6.36 Å². The summed E-state index contributed by atoms with van der Waals surface area (Å²) in [6, 6.07) is 8.60. The number of rotatable bonds is 5. The van der Waals surface area contributed by atoms with E-state index in [-0.39, 0.29) is 16.1 Å². The van der Waals surface area contributed by atoms with E-state index in [4.69, 9.17) is 0 Å². The number of hydrogen-bond acceptors (Lipinski definition) is 4. The van der Waals surface area contributed by atoms with Crippen LogP contribution in [0.3, 0.4) is 0 Å². The highest BCUT2D eigenvalue weighted by Crippen LogP contribution is 2.27. The summed E-state index contributed by atoms with van der Waals surface area (Å²) in [5.41, 5.74) is 0.281. The Morgan fingerprint density at radius 1 is 1.11 bits per heavy atom. The van der Waals surface area contributed by atoms with Gasteiger partial charge in [-0.05, 0) is 58.4 Å². The average molecular weight is 467 g/mol. The van der Waals surface area contributed by atoms with Gasteiger partial charge in [-0.25, -0.2) is 12.7 Å². The van der Waals surface area contributed by atoms with Gasteiger partial charge in [0.2, 0.25) is 10.0 Å². The molecule has 0 unspecified atom stereocenters. The molecule has 0 bridgehead atoms. The Morgan fingerprint density at radius 3 is 2.22 bits per heavy atom. The van der Waals surface area contributed by atoms with Crippen LogP contribution >= 0.6 is 15.9 Å². The van der Waals surface area contributed by atoms with Crippen LogP contribution in [0, 0.1) is 0 Å². The third-order valence-corrected chi connectivity index (χ3v) is 6.11. The first-order valence-electron chi connectivity index (χ1n) is 7.29. The molecule has 6 nitrogen and oxygen atoms in total. The molecule has 0 aliphatic heterocycles. The van der Waals surface area contributed by atoms with E-state index in [0.29, 0.717) is 4.47 Å². The molecule has 0 spiro atoms. The van der Waals surface area contributed by atoms with Crippen LogP contribution in [-0.2, 0) is 10.0 Å². The third kappa shape index (κ3) is 5.44. The van der Waals surface area contributed by atoms with Crippen LogP contribution in [0.2, 0.25) is 0 Å². The molecule has 1 N–H and O–H groups in total. The van der Waals surface area contributed by atoms with E-state index < -0.39 is 28.0 Å². The highest BCUT2D eigenvalue weighted by molar-refractivity contribution is 9.10. The van der Waals surface area contributed by atoms with E-state index in [1.165, 1.54) is 44.4 Å². The zero-order chi connectivity index (χ0) is 20.4. The van der Waals surface area contributed by atoms with Gasteiger partial charge in [0.1, 0.15) is 5.75 Å². The number of nitrogens with one attached hydrogen (secondary N) is 1. The van der Waals surface area contributed by atoms with Crippen LogP contribution in [-0.4, -0.2) is 39.1 Å². The minimum absolute atomic E-state index is 0.0641. The number of anilines is 1. The second-order valence-electron chi connectivity index (χ2n) is 5.46. The van der Waals surface area contributed by atoms with Crippen molar-refractivity contribution in [3.63, 3.8) is 0 Å². The van der Waals surface area contributed by atoms with Gasteiger partial charge < -0.3 is 10.1 Å². The van der Waals surface area contributed by atoms with E-state index in [2.05, 4.69) is 26.0 Å². The Kier molecular flexibility index (Phi) is 6.17. The Bertz CT molecular complexity index is 945. The molecule has 0 fully saturated rings. The van der Waals surface area contributed by atoms with Gasteiger partial charge in [0.05, 0.1) is 4.90 Å². The molecular formula is C16H14BrF3N2O4S. The van der Waals surface area contributed by atoms with E-state index in [9.17, 15) is 26.4 Å². The molecule has 11 heteroatoms. The molecule has 1 amide bonds. The zero-order valence-corrected chi connectivity index (χ0v) is 16.4. The number of nitrogens with zero attached hydrogens (tertiary/aromatic N) is 1. The van der Waals surface area contributed by atoms with Gasteiger partial charge in [0.25, 0.3) is 5.91 Å². The lowest BCUT2D eigenvalue weighted by molar-refractivity contribution is -0.274. The molecule has 146 valence electrons. The van der Waals surface area contributed by atoms with Gasteiger partial charge in [0.15, 0.2) is 0 Å². The van der Waals surface area contributed by atoms with Crippen molar-refractivity contribution >= 4 is 37.5 Å². The first-order chi connectivity index (χ1) is 12.4. The second kappa shape index (κ2) is 7.87. The molecule has 0 radical (unpaired) electrons. The largest absolute Gasteiger partial charge is 0.573 e. The number of carbonyl (C=O) groups excluding carboxylic acids is 1. The quantitative estimate of drug-likeness (QED) is 0.725. The first kappa shape index (κ1) is 21.2. The molecule has 0 saturated heterocycles. The molecular weight excluding hydrogens is 453 g/mol. The fourth-order valence-electron chi connectivity index (χ4n) is 1.98. The number of sulfonamides is 1. The molecule has 0 saturated carbocycles. The lowest BCUT2D eigenvalue weighted by atomic mass is 10.2. The Hall–Kier alpha value is -2.11. The predicted molar refractivity (Wildman–Crippen MR) is 96.1 cm³/mol. The van der Waals surface area contributed by atoms with Crippen LogP contribution in [0.4, 0.5) is 18.9 Å². The number of halogens is 4. The Balaban J connectivity index is 2.22. The smallest absolute Gasteiger partial charge is 0.406 e. The maximum atomic E-state index is 12.3. The molecule has 2 aromatic rings. The molecule has 2 rings (SSSR count). The third-order valence-electron chi connectivity index (χ3n) is 3.30. The standard InChI is InChI=1S/C16H14BrF3N2O4S/c1-22(2)27(24,25)14-9-10(3-8-13(14)17)15(23)21-11-4-6-12(7-5-11)26-16(18,19)20/h3-9H,1-2H3,(H,21,23). The van der Waals surface area contributed by atoms with Crippen molar-refractivity contribution < 1.29 is 31.1 Å². The van der Waals surface area contributed by atoms with Crippen molar-refractivity contribution in [3.05, 3.63) is 52.5 Å². The van der Waals surface area contributed by atoms with Crippen LogP contribution in [0.1, 0.15) is 10.4 Å². The lowest BCUT2D eigenvalue weighted by Gasteiger charge is -2.14. The predicted octanol–water partition coefficient (Wildman–Crippen LogP) is 3.85. The summed E-state index contributed by atoms with van der Waals surface area (Å²) in [5, 5.41) is 2.48. The number of alkyl halides is 3. The van der Waals surface area contributed by atoms with Gasteiger partial charge in [0, 0.05) is 29.8 Å². The SMILES string of the molecule is CN(C)S(=O)(=O)c1cc(C(=O)Nc2ccc(OC(F)(F)F)cc2)ccc1Br. The summed E-state index contributed by atoms with van der Waals surface area (Å²) in [4.78, 5) is 12.3. The number of amides is 1. The summed E-state index contributed by atoms with van der Waals surface area (Å²) < 4.78 is 66.1. The van der Waals surface area contributed by atoms with Crippen LogP contribution < -0.4 is 10.1 Å². The summed E-state index contributed by atoms with van der Waals surface area (Å²) in [7, 11) is -1.06. The van der Waals surface area contributed by atoms with Gasteiger partial charge in [-0.2, -0.15) is 0 Å². The van der Waals surface area contributed by atoms with Crippen molar-refractivity contribution in [3.8, 4) is 5.75 Å². The van der Waals surface area contributed by atoms with Crippen molar-refractivity contribution in [1.29, 1.82) is 0 Å². The molecule has 2 aromatic carbocycles.